The Morgan fingerprint density at radius 2 is 1.91 bits per heavy atom. The lowest BCUT2D eigenvalue weighted by atomic mass is 10.2. The summed E-state index contributed by atoms with van der Waals surface area (Å²) >= 11 is 0. The number of carbonyl (C=O) groups excluding carboxylic acids is 1. The summed E-state index contributed by atoms with van der Waals surface area (Å²) in [6.07, 6.45) is 8.05. The smallest absolute Gasteiger partial charge is 0.255 e. The van der Waals surface area contributed by atoms with Crippen molar-refractivity contribution in [3.63, 3.8) is 0 Å². The zero-order valence-corrected chi connectivity index (χ0v) is 18.5. The highest BCUT2D eigenvalue weighted by atomic mass is 32.2. The van der Waals surface area contributed by atoms with E-state index in [0.717, 1.165) is 25.7 Å². The van der Waals surface area contributed by atoms with Gasteiger partial charge in [-0.15, -0.1) is 0 Å². The van der Waals surface area contributed by atoms with E-state index in [1.54, 1.807) is 18.3 Å². The Kier molecular flexibility index (Phi) is 6.47. The number of carbonyl (C=O) groups is 1. The fraction of sp³-hybridized carbons (Fsp3) is 0.333. The Balaban J connectivity index is 1.65. The normalized spacial score (nSPS) is 15.2. The van der Waals surface area contributed by atoms with Crippen molar-refractivity contribution in [1.82, 2.24) is 24.1 Å². The second-order valence-corrected chi connectivity index (χ2v) is 9.26. The van der Waals surface area contributed by atoms with Gasteiger partial charge in [-0.3, -0.25) is 4.79 Å². The van der Waals surface area contributed by atoms with Gasteiger partial charge in [0.1, 0.15) is 23.3 Å². The fourth-order valence-corrected chi connectivity index (χ4v) is 5.33. The van der Waals surface area contributed by atoms with Gasteiger partial charge in [0.25, 0.3) is 5.91 Å². The van der Waals surface area contributed by atoms with Crippen LogP contribution >= 0.6 is 0 Å². The molecule has 1 aromatic carbocycles. The molecule has 0 bridgehead atoms. The number of ether oxygens (including phenoxy) is 1. The summed E-state index contributed by atoms with van der Waals surface area (Å²) in [7, 11) is -2.39. The maximum absolute atomic E-state index is 13.3. The van der Waals surface area contributed by atoms with E-state index in [4.69, 9.17) is 4.74 Å². The first kappa shape index (κ1) is 21.9. The van der Waals surface area contributed by atoms with Crippen LogP contribution in [0.4, 0.5) is 5.69 Å². The first-order valence-corrected chi connectivity index (χ1v) is 11.7. The Bertz CT molecular complexity index is 1190. The molecule has 0 unspecified atom stereocenters. The molecule has 32 heavy (non-hydrogen) atoms. The highest BCUT2D eigenvalue weighted by molar-refractivity contribution is 7.89. The van der Waals surface area contributed by atoms with E-state index in [-0.39, 0.29) is 16.2 Å². The van der Waals surface area contributed by atoms with Crippen LogP contribution in [0.25, 0.3) is 5.82 Å². The topological polar surface area (TPSA) is 119 Å². The molecule has 0 radical (unpaired) electrons. The highest BCUT2D eigenvalue weighted by Crippen LogP contribution is 2.30. The van der Waals surface area contributed by atoms with Crippen LogP contribution in [0, 0.1) is 0 Å². The third-order valence-corrected chi connectivity index (χ3v) is 7.20. The lowest BCUT2D eigenvalue weighted by molar-refractivity contribution is 0.102. The van der Waals surface area contributed by atoms with Crippen molar-refractivity contribution in [2.45, 2.75) is 30.6 Å². The van der Waals surface area contributed by atoms with E-state index in [1.165, 1.54) is 47.0 Å². The molecule has 0 aliphatic carbocycles. The third kappa shape index (κ3) is 4.48. The highest BCUT2D eigenvalue weighted by Gasteiger charge is 2.29. The van der Waals surface area contributed by atoms with Crippen molar-refractivity contribution >= 4 is 21.6 Å². The Labute approximate surface area is 186 Å². The molecule has 1 aliphatic heterocycles. The van der Waals surface area contributed by atoms with Gasteiger partial charge in [-0.1, -0.05) is 12.8 Å². The lowest BCUT2D eigenvalue weighted by Gasteiger charge is -2.21. The average Bonchev–Trinajstić information content (AvgIpc) is 3.20. The van der Waals surface area contributed by atoms with E-state index in [9.17, 15) is 13.2 Å². The van der Waals surface area contributed by atoms with Gasteiger partial charge in [0, 0.05) is 24.8 Å². The Hall–Kier alpha value is -3.31. The molecule has 1 aliphatic rings. The minimum absolute atomic E-state index is 0.0164. The largest absolute Gasteiger partial charge is 0.495 e. The maximum atomic E-state index is 13.3. The van der Waals surface area contributed by atoms with E-state index < -0.39 is 15.9 Å². The summed E-state index contributed by atoms with van der Waals surface area (Å²) in [5.74, 6) is 0.120. The summed E-state index contributed by atoms with van der Waals surface area (Å²) < 4.78 is 34.9. The number of amides is 1. The summed E-state index contributed by atoms with van der Waals surface area (Å²) in [6.45, 7) is 0.914. The zero-order valence-electron chi connectivity index (χ0n) is 17.6. The summed E-state index contributed by atoms with van der Waals surface area (Å²) in [4.78, 5) is 21.1. The van der Waals surface area contributed by atoms with E-state index in [1.807, 2.05) is 0 Å². The number of benzene rings is 1. The predicted molar refractivity (Wildman–Crippen MR) is 117 cm³/mol. The van der Waals surface area contributed by atoms with Gasteiger partial charge in [-0.05, 0) is 43.2 Å². The summed E-state index contributed by atoms with van der Waals surface area (Å²) in [5, 5.41) is 6.83. The zero-order chi connectivity index (χ0) is 22.6. The van der Waals surface area contributed by atoms with Gasteiger partial charge < -0.3 is 10.1 Å². The molecule has 1 N–H and O–H groups in total. The molecule has 10 nitrogen and oxygen atoms in total. The van der Waals surface area contributed by atoms with Crippen molar-refractivity contribution in [2.75, 3.05) is 25.5 Å². The minimum Gasteiger partial charge on any atom is -0.495 e. The van der Waals surface area contributed by atoms with Crippen LogP contribution in [0.5, 0.6) is 5.75 Å². The Morgan fingerprint density at radius 1 is 1.12 bits per heavy atom. The van der Waals surface area contributed by atoms with Crippen LogP contribution in [-0.2, 0) is 10.0 Å². The number of anilines is 1. The molecular weight excluding hydrogens is 432 g/mol. The van der Waals surface area contributed by atoms with E-state index in [0.29, 0.717) is 24.6 Å². The van der Waals surface area contributed by atoms with Gasteiger partial charge >= 0.3 is 0 Å². The van der Waals surface area contributed by atoms with E-state index >= 15 is 0 Å². The molecule has 168 valence electrons. The van der Waals surface area contributed by atoms with Crippen molar-refractivity contribution < 1.29 is 17.9 Å². The standard InChI is InChI=1S/C21H24N6O4S/c1-31-18-9-8-16(13-19(18)32(29,30)26-11-4-2-3-5-12-26)21(28)25-17-7-6-10-23-20(17)27-15-22-14-24-27/h6-10,13-15H,2-5,11-12H2,1H3,(H,25,28). The monoisotopic (exact) mass is 456 g/mol. The van der Waals surface area contributed by atoms with Crippen LogP contribution < -0.4 is 10.1 Å². The molecule has 4 rings (SSSR count). The number of sulfonamides is 1. The maximum Gasteiger partial charge on any atom is 0.255 e. The third-order valence-electron chi connectivity index (χ3n) is 5.28. The quantitative estimate of drug-likeness (QED) is 0.605. The van der Waals surface area contributed by atoms with Crippen molar-refractivity contribution in [3.8, 4) is 11.6 Å². The number of aromatic nitrogens is 4. The fourth-order valence-electron chi connectivity index (χ4n) is 3.63. The number of hydrogen-bond donors (Lipinski definition) is 1. The van der Waals surface area contributed by atoms with Crippen LogP contribution in [0.15, 0.2) is 54.1 Å². The number of rotatable bonds is 6. The lowest BCUT2D eigenvalue weighted by Crippen LogP contribution is -2.32. The molecule has 0 spiro atoms. The van der Waals surface area contributed by atoms with E-state index in [2.05, 4.69) is 20.4 Å². The molecule has 1 saturated heterocycles. The molecule has 0 saturated carbocycles. The second kappa shape index (κ2) is 9.45. The number of nitrogens with one attached hydrogen (secondary N) is 1. The van der Waals surface area contributed by atoms with Crippen molar-refractivity contribution in [1.29, 1.82) is 0 Å². The molecule has 1 fully saturated rings. The molecular formula is C21H24N6O4S. The summed E-state index contributed by atoms with van der Waals surface area (Å²) in [6, 6.07) is 7.75. The predicted octanol–water partition coefficient (Wildman–Crippen LogP) is 2.49. The van der Waals surface area contributed by atoms with Gasteiger partial charge in [0.15, 0.2) is 5.82 Å². The SMILES string of the molecule is COc1ccc(C(=O)Nc2cccnc2-n2cncn2)cc1S(=O)(=O)N1CCCCCC1. The van der Waals surface area contributed by atoms with Gasteiger partial charge in [0.2, 0.25) is 10.0 Å². The van der Waals surface area contributed by atoms with Crippen LogP contribution in [0.1, 0.15) is 36.0 Å². The Morgan fingerprint density at radius 3 is 2.59 bits per heavy atom. The summed E-state index contributed by atoms with van der Waals surface area (Å²) in [5.41, 5.74) is 0.600. The second-order valence-electron chi connectivity index (χ2n) is 7.35. The molecule has 3 heterocycles. The average molecular weight is 457 g/mol. The van der Waals surface area contributed by atoms with Crippen LogP contribution in [0.3, 0.4) is 0 Å². The number of pyridine rings is 1. The van der Waals surface area contributed by atoms with Crippen LogP contribution in [0.2, 0.25) is 0 Å². The first-order chi connectivity index (χ1) is 15.5. The first-order valence-electron chi connectivity index (χ1n) is 10.3. The van der Waals surface area contributed by atoms with Gasteiger partial charge in [0.05, 0.1) is 12.8 Å². The van der Waals surface area contributed by atoms with Crippen molar-refractivity contribution in [3.05, 3.63) is 54.7 Å². The number of hydrogen-bond acceptors (Lipinski definition) is 7. The molecule has 0 atom stereocenters. The number of methoxy groups -OCH3 is 1. The number of nitrogens with zero attached hydrogens (tertiary/aromatic N) is 5. The van der Waals surface area contributed by atoms with Gasteiger partial charge in [-0.2, -0.15) is 9.40 Å². The molecule has 2 aromatic heterocycles. The molecule has 11 heteroatoms. The molecule has 1 amide bonds. The van der Waals surface area contributed by atoms with Crippen LogP contribution in [-0.4, -0.2) is 58.6 Å². The molecule has 3 aromatic rings. The minimum atomic E-state index is -3.81. The van der Waals surface area contributed by atoms with Gasteiger partial charge in [-0.25, -0.2) is 23.1 Å². The van der Waals surface area contributed by atoms with Crippen molar-refractivity contribution in [2.24, 2.45) is 0 Å².